The first kappa shape index (κ1) is 15.3. The summed E-state index contributed by atoms with van der Waals surface area (Å²) < 4.78 is 7.32. The number of anilines is 1. The van der Waals surface area contributed by atoms with Crippen LogP contribution in [-0.4, -0.2) is 39.6 Å². The number of aromatic nitrogens is 2. The van der Waals surface area contributed by atoms with Crippen molar-refractivity contribution in [1.29, 1.82) is 0 Å². The summed E-state index contributed by atoms with van der Waals surface area (Å²) in [5, 5.41) is 6.99. The highest BCUT2D eigenvalue weighted by molar-refractivity contribution is 5.92. The highest BCUT2D eigenvalue weighted by Crippen LogP contribution is 2.24. The zero-order chi connectivity index (χ0) is 16.6. The van der Waals surface area contributed by atoms with Gasteiger partial charge in [-0.2, -0.15) is 5.10 Å². The van der Waals surface area contributed by atoms with E-state index in [1.54, 1.807) is 21.7 Å². The molecule has 0 saturated carbocycles. The van der Waals surface area contributed by atoms with Crippen LogP contribution in [0.4, 0.5) is 5.82 Å². The van der Waals surface area contributed by atoms with Gasteiger partial charge in [0.25, 0.3) is 5.91 Å². The van der Waals surface area contributed by atoms with Gasteiger partial charge in [-0.3, -0.25) is 14.3 Å². The Morgan fingerprint density at radius 2 is 2.17 bits per heavy atom. The van der Waals surface area contributed by atoms with E-state index in [1.165, 1.54) is 6.92 Å². The smallest absolute Gasteiger partial charge is 0.289 e. The third-order valence-electron chi connectivity index (χ3n) is 4.11. The van der Waals surface area contributed by atoms with Gasteiger partial charge < -0.3 is 14.6 Å². The lowest BCUT2D eigenvalue weighted by Crippen LogP contribution is -2.28. The third kappa shape index (κ3) is 3.13. The molecule has 0 aromatic carbocycles. The van der Waals surface area contributed by atoms with Crippen molar-refractivity contribution in [2.75, 3.05) is 18.4 Å². The molecule has 23 heavy (non-hydrogen) atoms. The predicted octanol–water partition coefficient (Wildman–Crippen LogP) is 2.14. The quantitative estimate of drug-likeness (QED) is 0.940. The fourth-order valence-electron chi connectivity index (χ4n) is 2.77. The van der Waals surface area contributed by atoms with Crippen molar-refractivity contribution in [1.82, 2.24) is 14.7 Å². The van der Waals surface area contributed by atoms with Crippen LogP contribution in [0.25, 0.3) is 0 Å². The topological polar surface area (TPSA) is 80.4 Å². The molecule has 2 aromatic rings. The largest absolute Gasteiger partial charge is 0.456 e. The Morgan fingerprint density at radius 3 is 2.83 bits per heavy atom. The molecule has 1 aliphatic rings. The average molecular weight is 316 g/mol. The van der Waals surface area contributed by atoms with Gasteiger partial charge in [0.2, 0.25) is 5.91 Å². The molecule has 1 N–H and O–H groups in total. The van der Waals surface area contributed by atoms with E-state index in [4.69, 9.17) is 4.42 Å². The number of carbonyl (C=O) groups is 2. The second kappa shape index (κ2) is 5.91. The van der Waals surface area contributed by atoms with Crippen molar-refractivity contribution in [3.05, 3.63) is 35.4 Å². The maximum absolute atomic E-state index is 12.5. The zero-order valence-electron chi connectivity index (χ0n) is 13.5. The summed E-state index contributed by atoms with van der Waals surface area (Å²) in [6.07, 6.45) is 2.65. The molecule has 1 atom stereocenters. The molecule has 122 valence electrons. The molecule has 0 aliphatic carbocycles. The molecule has 2 amide bonds. The summed E-state index contributed by atoms with van der Waals surface area (Å²) in [6.45, 7) is 6.47. The highest BCUT2D eigenvalue weighted by atomic mass is 16.4. The lowest BCUT2D eigenvalue weighted by Gasteiger charge is -2.15. The molecule has 7 heteroatoms. The van der Waals surface area contributed by atoms with Crippen LogP contribution in [0.5, 0.6) is 0 Å². The van der Waals surface area contributed by atoms with Gasteiger partial charge in [-0.15, -0.1) is 0 Å². The second-order valence-corrected chi connectivity index (χ2v) is 5.91. The van der Waals surface area contributed by atoms with E-state index in [1.807, 2.05) is 20.0 Å². The van der Waals surface area contributed by atoms with Gasteiger partial charge >= 0.3 is 0 Å². The average Bonchev–Trinajstić information content (AvgIpc) is 3.18. The molecule has 0 radical (unpaired) electrons. The van der Waals surface area contributed by atoms with Crippen molar-refractivity contribution < 1.29 is 14.0 Å². The standard InChI is InChI=1S/C16H20N4O3/c1-10-8-14(23-11(10)2)16(22)19-6-4-13(9-19)20-7-5-15(18-20)17-12(3)21/h5,7-8,13H,4,6,9H2,1-3H3,(H,17,18,21). The Balaban J connectivity index is 1.67. The number of likely N-dealkylation sites (tertiary alicyclic amines) is 1. The minimum atomic E-state index is -0.151. The molecule has 2 aromatic heterocycles. The maximum atomic E-state index is 12.5. The predicted molar refractivity (Wildman–Crippen MR) is 84.3 cm³/mol. The van der Waals surface area contributed by atoms with Crippen LogP contribution < -0.4 is 5.32 Å². The number of nitrogens with zero attached hydrogens (tertiary/aromatic N) is 3. The van der Waals surface area contributed by atoms with E-state index in [9.17, 15) is 9.59 Å². The van der Waals surface area contributed by atoms with Crippen LogP contribution in [-0.2, 0) is 4.79 Å². The number of amides is 2. The first-order chi connectivity index (χ1) is 10.9. The highest BCUT2D eigenvalue weighted by Gasteiger charge is 2.30. The molecule has 1 fully saturated rings. The summed E-state index contributed by atoms with van der Waals surface area (Å²) in [6, 6.07) is 3.65. The van der Waals surface area contributed by atoms with E-state index >= 15 is 0 Å². The Morgan fingerprint density at radius 1 is 1.39 bits per heavy atom. The molecule has 3 heterocycles. The van der Waals surface area contributed by atoms with Crippen molar-refractivity contribution in [3.8, 4) is 0 Å². The summed E-state index contributed by atoms with van der Waals surface area (Å²) >= 11 is 0. The lowest BCUT2D eigenvalue weighted by molar-refractivity contribution is -0.114. The summed E-state index contributed by atoms with van der Waals surface area (Å²) in [5.74, 6) is 1.45. The van der Waals surface area contributed by atoms with Gasteiger partial charge in [0.05, 0.1) is 6.04 Å². The molecular weight excluding hydrogens is 296 g/mol. The fourth-order valence-corrected chi connectivity index (χ4v) is 2.77. The summed E-state index contributed by atoms with van der Waals surface area (Å²) in [5.41, 5.74) is 0.983. The van der Waals surface area contributed by atoms with Gasteiger partial charge in [-0.05, 0) is 31.9 Å². The molecule has 1 unspecified atom stereocenters. The Hall–Kier alpha value is -2.57. The van der Waals surface area contributed by atoms with Crippen LogP contribution in [0, 0.1) is 13.8 Å². The maximum Gasteiger partial charge on any atom is 0.289 e. The number of hydrogen-bond donors (Lipinski definition) is 1. The summed E-state index contributed by atoms with van der Waals surface area (Å²) in [7, 11) is 0. The molecule has 1 saturated heterocycles. The number of aryl methyl sites for hydroxylation is 2. The van der Waals surface area contributed by atoms with Gasteiger partial charge in [-0.1, -0.05) is 0 Å². The normalized spacial score (nSPS) is 17.5. The van der Waals surface area contributed by atoms with Gasteiger partial charge in [-0.25, -0.2) is 0 Å². The van der Waals surface area contributed by atoms with Crippen molar-refractivity contribution in [3.63, 3.8) is 0 Å². The lowest BCUT2D eigenvalue weighted by atomic mass is 10.2. The van der Waals surface area contributed by atoms with Crippen molar-refractivity contribution in [2.45, 2.75) is 33.2 Å². The van der Waals surface area contributed by atoms with E-state index in [2.05, 4.69) is 10.4 Å². The third-order valence-corrected chi connectivity index (χ3v) is 4.11. The minimum absolute atomic E-state index is 0.0852. The van der Waals surface area contributed by atoms with Gasteiger partial charge in [0.1, 0.15) is 5.76 Å². The first-order valence-corrected chi connectivity index (χ1v) is 7.63. The first-order valence-electron chi connectivity index (χ1n) is 7.63. The van der Waals surface area contributed by atoms with E-state index in [0.29, 0.717) is 24.7 Å². The Kier molecular flexibility index (Phi) is 3.94. The number of rotatable bonds is 3. The van der Waals surface area contributed by atoms with Crippen LogP contribution in [0.3, 0.4) is 0 Å². The van der Waals surface area contributed by atoms with Gasteiger partial charge in [0, 0.05) is 32.3 Å². The monoisotopic (exact) mass is 316 g/mol. The van der Waals surface area contributed by atoms with E-state index in [0.717, 1.165) is 17.7 Å². The fraction of sp³-hybridized carbons (Fsp3) is 0.438. The Labute approximate surface area is 134 Å². The number of nitrogens with one attached hydrogen (secondary N) is 1. The zero-order valence-corrected chi connectivity index (χ0v) is 13.5. The second-order valence-electron chi connectivity index (χ2n) is 5.91. The number of furan rings is 1. The van der Waals surface area contributed by atoms with Crippen LogP contribution in [0.15, 0.2) is 22.7 Å². The molecule has 1 aliphatic heterocycles. The van der Waals surface area contributed by atoms with Crippen LogP contribution >= 0.6 is 0 Å². The molecule has 0 bridgehead atoms. The van der Waals surface area contributed by atoms with Crippen molar-refractivity contribution >= 4 is 17.6 Å². The number of hydrogen-bond acceptors (Lipinski definition) is 4. The SMILES string of the molecule is CC(=O)Nc1ccn(C2CCN(C(=O)c3cc(C)c(C)o3)C2)n1. The molecule has 0 spiro atoms. The van der Waals surface area contributed by atoms with Crippen LogP contribution in [0.2, 0.25) is 0 Å². The van der Waals surface area contributed by atoms with E-state index < -0.39 is 0 Å². The molecule has 7 nitrogen and oxygen atoms in total. The molecule has 3 rings (SSSR count). The summed E-state index contributed by atoms with van der Waals surface area (Å²) in [4.78, 5) is 25.3. The van der Waals surface area contributed by atoms with E-state index in [-0.39, 0.29) is 17.9 Å². The molecular formula is C16H20N4O3. The van der Waals surface area contributed by atoms with Crippen molar-refractivity contribution in [2.24, 2.45) is 0 Å². The number of carbonyl (C=O) groups excluding carboxylic acids is 2. The van der Waals surface area contributed by atoms with Gasteiger partial charge in [0.15, 0.2) is 11.6 Å². The Bertz CT molecular complexity index is 727. The van der Waals surface area contributed by atoms with Crippen LogP contribution in [0.1, 0.15) is 41.3 Å². The minimum Gasteiger partial charge on any atom is -0.456 e.